The maximum Gasteiger partial charge on any atom is 0.300 e. The number of hydrogen-bond acceptors (Lipinski definition) is 2. The van der Waals surface area contributed by atoms with Gasteiger partial charge in [-0.25, -0.2) is 0 Å². The topological polar surface area (TPSA) is 63.3 Å². The molecule has 0 aliphatic heterocycles. The zero-order valence-electron chi connectivity index (χ0n) is 10.9. The van der Waals surface area contributed by atoms with E-state index in [-0.39, 0.29) is 41.3 Å². The molecule has 19 heavy (non-hydrogen) atoms. The summed E-state index contributed by atoms with van der Waals surface area (Å²) in [5.74, 6) is -0.833. The summed E-state index contributed by atoms with van der Waals surface area (Å²) in [7, 11) is 0. The van der Waals surface area contributed by atoms with Gasteiger partial charge in [0.15, 0.2) is 0 Å². The molecule has 2 rings (SSSR count). The van der Waals surface area contributed by atoms with E-state index in [1.807, 2.05) is 30.3 Å². The van der Waals surface area contributed by atoms with Crippen LogP contribution in [0, 0.1) is 41.3 Å². The Morgan fingerprint density at radius 2 is 1.58 bits per heavy atom. The van der Waals surface area contributed by atoms with Gasteiger partial charge in [-0.3, -0.25) is 4.79 Å². The van der Waals surface area contributed by atoms with Gasteiger partial charge in [0, 0.05) is 54.8 Å². The van der Waals surface area contributed by atoms with Crippen molar-refractivity contribution in [3.05, 3.63) is 60.2 Å². The largest absolute Gasteiger partial charge is 0.481 e. The summed E-state index contributed by atoms with van der Waals surface area (Å²) in [4.78, 5) is 9.00. The molecule has 0 saturated carbocycles. The van der Waals surface area contributed by atoms with Crippen LogP contribution in [0.15, 0.2) is 54.6 Å². The first-order chi connectivity index (χ1) is 8.63. The van der Waals surface area contributed by atoms with Gasteiger partial charge in [-0.1, -0.05) is 48.5 Å². The molecule has 0 unspecified atom stereocenters. The van der Waals surface area contributed by atoms with Gasteiger partial charge in [0.05, 0.1) is 0 Å². The van der Waals surface area contributed by atoms with Gasteiger partial charge < -0.3 is 10.8 Å². The third-order valence-electron chi connectivity index (χ3n) is 2.27. The van der Waals surface area contributed by atoms with Crippen LogP contribution in [0.4, 0.5) is 0 Å². The van der Waals surface area contributed by atoms with Crippen molar-refractivity contribution in [1.29, 1.82) is 0 Å². The summed E-state index contributed by atoms with van der Waals surface area (Å²) < 4.78 is 0. The van der Waals surface area contributed by atoms with Crippen LogP contribution in [-0.4, -0.2) is 11.1 Å². The second kappa shape index (κ2) is 10.1. The fraction of sp³-hybridized carbons (Fsp3) is 0.133. The molecule has 3 N–H and O–H groups in total. The Kier molecular flexibility index (Phi) is 9.67. The molecule has 0 amide bonds. The number of rotatable bonds is 2. The minimum absolute atomic E-state index is 0. The monoisotopic (exact) mass is 384 g/mol. The first-order valence-electron chi connectivity index (χ1n) is 5.67. The fourth-order valence-electron chi connectivity index (χ4n) is 1.51. The van der Waals surface area contributed by atoms with Crippen molar-refractivity contribution in [3.63, 3.8) is 0 Å². The van der Waals surface area contributed by atoms with Crippen molar-refractivity contribution in [2.45, 2.75) is 13.5 Å². The number of carboxylic acid groups (broad SMARTS) is 1. The van der Waals surface area contributed by atoms with Crippen LogP contribution in [-0.2, 0) is 11.3 Å². The van der Waals surface area contributed by atoms with Crippen LogP contribution >= 0.6 is 0 Å². The zero-order chi connectivity index (χ0) is 13.4. The van der Waals surface area contributed by atoms with E-state index < -0.39 is 5.97 Å². The predicted octanol–water partition coefficient (Wildman–Crippen LogP) is 2.90. The molecule has 1 radical (unpaired) electrons. The molecule has 0 fully saturated rings. The van der Waals surface area contributed by atoms with Gasteiger partial charge in [0.25, 0.3) is 5.97 Å². The Hall–Kier alpha value is -0.766. The molecule has 0 aliphatic rings. The Morgan fingerprint density at radius 3 is 2.11 bits per heavy atom. The van der Waals surface area contributed by atoms with Crippen molar-refractivity contribution in [3.8, 4) is 11.1 Å². The second-order valence-electron chi connectivity index (χ2n) is 3.79. The smallest absolute Gasteiger partial charge is 0.300 e. The van der Waals surface area contributed by atoms with Crippen molar-refractivity contribution in [1.82, 2.24) is 0 Å². The Bertz CT molecular complexity index is 497. The van der Waals surface area contributed by atoms with Gasteiger partial charge in [0.2, 0.25) is 0 Å². The van der Waals surface area contributed by atoms with Gasteiger partial charge in [-0.15, -0.1) is 0 Å². The summed E-state index contributed by atoms with van der Waals surface area (Å²) in [6, 6.07) is 18.7. The Balaban J connectivity index is 0.000000576. The van der Waals surface area contributed by atoms with Crippen molar-refractivity contribution in [2.75, 3.05) is 0 Å². The summed E-state index contributed by atoms with van der Waals surface area (Å²) >= 11 is 0. The number of hydrogen-bond donors (Lipinski definition) is 2. The molecule has 3 nitrogen and oxygen atoms in total. The predicted molar refractivity (Wildman–Crippen MR) is 73.1 cm³/mol. The van der Waals surface area contributed by atoms with Crippen LogP contribution in [0.25, 0.3) is 11.1 Å². The molecule has 0 bridgehead atoms. The van der Waals surface area contributed by atoms with Gasteiger partial charge in [0.1, 0.15) is 0 Å². The van der Waals surface area contributed by atoms with E-state index in [2.05, 4.69) is 24.3 Å². The summed E-state index contributed by atoms with van der Waals surface area (Å²) in [5, 5.41) is 7.42. The SMILES string of the molecule is CC(=O)O.NCc1cccc(-c2ccccc2)c1.[Pr]. The number of carboxylic acids is 1. The first kappa shape index (κ1) is 18.2. The average molecular weight is 384 g/mol. The average Bonchev–Trinajstić information content (AvgIpc) is 2.39. The molecule has 2 aromatic carbocycles. The summed E-state index contributed by atoms with van der Waals surface area (Å²) in [5.41, 5.74) is 9.24. The minimum Gasteiger partial charge on any atom is -0.481 e. The third kappa shape index (κ3) is 7.41. The van der Waals surface area contributed by atoms with Gasteiger partial charge in [-0.05, 0) is 22.8 Å². The molecular formula is C15H17NO2Pr. The molecule has 0 saturated heterocycles. The van der Waals surface area contributed by atoms with Gasteiger partial charge in [-0.2, -0.15) is 0 Å². The number of nitrogens with two attached hydrogens (primary N) is 1. The molecule has 97 valence electrons. The van der Waals surface area contributed by atoms with E-state index in [1.165, 1.54) is 16.7 Å². The molecule has 4 heteroatoms. The normalized spacial score (nSPS) is 8.74. The minimum atomic E-state index is -0.833. The first-order valence-corrected chi connectivity index (χ1v) is 5.67. The summed E-state index contributed by atoms with van der Waals surface area (Å²) in [6.45, 7) is 1.68. The van der Waals surface area contributed by atoms with Crippen LogP contribution in [0.1, 0.15) is 12.5 Å². The third-order valence-corrected chi connectivity index (χ3v) is 2.27. The molecule has 2 aromatic rings. The molecule has 0 aliphatic carbocycles. The van der Waals surface area contributed by atoms with E-state index in [0.29, 0.717) is 6.54 Å². The second-order valence-corrected chi connectivity index (χ2v) is 3.79. The Morgan fingerprint density at radius 1 is 1.05 bits per heavy atom. The molecule has 0 aromatic heterocycles. The Labute approximate surface area is 146 Å². The van der Waals surface area contributed by atoms with Crippen LogP contribution in [0.5, 0.6) is 0 Å². The van der Waals surface area contributed by atoms with E-state index in [0.717, 1.165) is 6.92 Å². The van der Waals surface area contributed by atoms with E-state index >= 15 is 0 Å². The zero-order valence-corrected chi connectivity index (χ0v) is 14.6. The quantitative estimate of drug-likeness (QED) is 0.837. The molecule has 0 spiro atoms. The van der Waals surface area contributed by atoms with E-state index in [9.17, 15) is 0 Å². The van der Waals surface area contributed by atoms with E-state index in [4.69, 9.17) is 15.6 Å². The van der Waals surface area contributed by atoms with E-state index in [1.54, 1.807) is 0 Å². The van der Waals surface area contributed by atoms with Crippen LogP contribution < -0.4 is 5.73 Å². The number of aliphatic carboxylic acids is 1. The maximum atomic E-state index is 9.00. The maximum absolute atomic E-state index is 9.00. The van der Waals surface area contributed by atoms with Gasteiger partial charge >= 0.3 is 0 Å². The van der Waals surface area contributed by atoms with Crippen LogP contribution in [0.3, 0.4) is 0 Å². The standard InChI is InChI=1S/C13H13N.C2H4O2.Pr/c14-10-11-5-4-8-13(9-11)12-6-2-1-3-7-12;1-2(3)4;/h1-9H,10,14H2;1H3,(H,3,4);. The molecular weight excluding hydrogens is 367 g/mol. The summed E-state index contributed by atoms with van der Waals surface area (Å²) in [6.07, 6.45) is 0. The molecule has 0 atom stereocenters. The van der Waals surface area contributed by atoms with Crippen molar-refractivity contribution < 1.29 is 51.2 Å². The van der Waals surface area contributed by atoms with Crippen molar-refractivity contribution >= 4 is 5.97 Å². The van der Waals surface area contributed by atoms with Crippen molar-refractivity contribution in [2.24, 2.45) is 5.73 Å². The number of benzene rings is 2. The van der Waals surface area contributed by atoms with Crippen LogP contribution in [0.2, 0.25) is 0 Å². The molecule has 0 heterocycles. The fourth-order valence-corrected chi connectivity index (χ4v) is 1.51. The number of carbonyl (C=O) groups is 1.